The zero-order valence-corrected chi connectivity index (χ0v) is 21.7. The summed E-state index contributed by atoms with van der Waals surface area (Å²) in [6.07, 6.45) is 10.4. The second-order valence-electron chi connectivity index (χ2n) is 12.9. The van der Waals surface area contributed by atoms with Crippen molar-refractivity contribution in [2.45, 2.75) is 90.0 Å². The van der Waals surface area contributed by atoms with E-state index >= 15 is 0 Å². The normalized spacial score (nSPS) is 46.6. The average molecular weight is 463 g/mol. The van der Waals surface area contributed by atoms with Crippen LogP contribution in [0.3, 0.4) is 0 Å². The van der Waals surface area contributed by atoms with Gasteiger partial charge in [0.05, 0.1) is 32.2 Å². The molecule has 2 saturated heterocycles. The van der Waals surface area contributed by atoms with Crippen molar-refractivity contribution in [3.8, 4) is 0 Å². The molecule has 0 aromatic rings. The van der Waals surface area contributed by atoms with E-state index in [2.05, 4.69) is 39.6 Å². The first-order chi connectivity index (χ1) is 15.1. The summed E-state index contributed by atoms with van der Waals surface area (Å²) < 4.78 is 32.0. The van der Waals surface area contributed by atoms with E-state index in [1.54, 1.807) is 0 Å². The maximum Gasteiger partial charge on any atom is 0.241 e. The van der Waals surface area contributed by atoms with Crippen LogP contribution in [0.25, 0.3) is 0 Å². The molecular weight excluding hydrogens is 420 g/mol. The van der Waals surface area contributed by atoms with E-state index < -0.39 is 8.32 Å². The smallest absolute Gasteiger partial charge is 0.241 e. The molecule has 6 heteroatoms. The van der Waals surface area contributed by atoms with Crippen LogP contribution >= 0.6 is 0 Å². The lowest BCUT2D eigenvalue weighted by molar-refractivity contribution is -0.249. The van der Waals surface area contributed by atoms with Gasteiger partial charge in [0.1, 0.15) is 0 Å². The molecule has 5 fully saturated rings. The molecular formula is C26H42O5Si. The summed E-state index contributed by atoms with van der Waals surface area (Å²) in [7, 11) is -1.74. The van der Waals surface area contributed by atoms with Gasteiger partial charge in [0.15, 0.2) is 11.6 Å². The summed E-state index contributed by atoms with van der Waals surface area (Å²) in [5.41, 5.74) is 0.356. The maximum atomic E-state index is 6.93. The van der Waals surface area contributed by atoms with Crippen molar-refractivity contribution in [2.75, 3.05) is 26.4 Å². The first-order valence-corrected chi connectivity index (χ1v) is 16.5. The Morgan fingerprint density at radius 2 is 1.50 bits per heavy atom. The topological polar surface area (TPSA) is 46.2 Å². The second-order valence-corrected chi connectivity index (χ2v) is 17.3. The van der Waals surface area contributed by atoms with E-state index in [-0.39, 0.29) is 22.4 Å². The first-order valence-electron chi connectivity index (χ1n) is 13.1. The molecule has 0 aromatic carbocycles. The lowest BCUT2D eigenvalue weighted by Crippen LogP contribution is -2.58. The van der Waals surface area contributed by atoms with Gasteiger partial charge in [-0.3, -0.25) is 0 Å². The van der Waals surface area contributed by atoms with Crippen molar-refractivity contribution in [3.63, 3.8) is 0 Å². The quantitative estimate of drug-likeness (QED) is 0.509. The van der Waals surface area contributed by atoms with Gasteiger partial charge in [0, 0.05) is 30.6 Å². The summed E-state index contributed by atoms with van der Waals surface area (Å²) in [6.45, 7) is 15.0. The SMILES string of the molecule is C[C@]12CCC3C(C(O[Si](C)(C)C)=C[C@H]4CC5(CC[C@]34C)OCCO5)C1CCC21OCCO1. The lowest BCUT2D eigenvalue weighted by Gasteiger charge is -2.61. The van der Waals surface area contributed by atoms with Crippen LogP contribution in [0, 0.1) is 34.5 Å². The minimum Gasteiger partial charge on any atom is -0.547 e. The molecule has 6 rings (SSSR count). The van der Waals surface area contributed by atoms with Gasteiger partial charge in [0.25, 0.3) is 0 Å². The molecule has 0 radical (unpaired) electrons. The zero-order valence-electron chi connectivity index (χ0n) is 20.7. The molecule has 3 unspecified atom stereocenters. The van der Waals surface area contributed by atoms with Gasteiger partial charge in [-0.05, 0) is 74.6 Å². The van der Waals surface area contributed by atoms with Crippen LogP contribution in [-0.2, 0) is 23.4 Å². The van der Waals surface area contributed by atoms with E-state index in [9.17, 15) is 0 Å². The minimum atomic E-state index is -1.74. The van der Waals surface area contributed by atoms with Gasteiger partial charge >= 0.3 is 0 Å². The predicted molar refractivity (Wildman–Crippen MR) is 124 cm³/mol. The molecule has 2 aliphatic heterocycles. The Morgan fingerprint density at radius 3 is 2.19 bits per heavy atom. The molecule has 32 heavy (non-hydrogen) atoms. The number of rotatable bonds is 2. The fraction of sp³-hybridized carbons (Fsp3) is 0.923. The van der Waals surface area contributed by atoms with Crippen molar-refractivity contribution in [2.24, 2.45) is 34.5 Å². The highest BCUT2D eigenvalue weighted by Crippen LogP contribution is 2.70. The standard InChI is InChI=1S/C26H42O5Si/c1-23-10-11-25(27-12-13-28-25)17-18(23)16-21(31-32(3,4)5)22-19(23)6-8-24(2)20(22)7-9-26(24)29-14-15-30-26/h16,18-20,22H,6-15,17H2,1-5H3/t18-,19?,20?,22?,23-,24-/m0/s1. The van der Waals surface area contributed by atoms with Crippen molar-refractivity contribution in [1.29, 1.82) is 0 Å². The highest BCUT2D eigenvalue weighted by Gasteiger charge is 2.69. The Bertz CT molecular complexity index is 793. The third-order valence-corrected chi connectivity index (χ3v) is 11.1. The average Bonchev–Trinajstić information content (AvgIpc) is 3.44. The van der Waals surface area contributed by atoms with Crippen molar-refractivity contribution < 1.29 is 23.4 Å². The number of hydrogen-bond acceptors (Lipinski definition) is 5. The van der Waals surface area contributed by atoms with Crippen molar-refractivity contribution in [1.82, 2.24) is 0 Å². The molecule has 0 aromatic heterocycles. The number of ether oxygens (including phenoxy) is 4. The molecule has 6 atom stereocenters. The summed E-state index contributed by atoms with van der Waals surface area (Å²) in [4.78, 5) is 0. The first kappa shape index (κ1) is 22.1. The van der Waals surface area contributed by atoms with E-state index in [0.717, 1.165) is 45.7 Å². The third-order valence-electron chi connectivity index (χ3n) is 10.3. The van der Waals surface area contributed by atoms with Gasteiger partial charge in [-0.1, -0.05) is 13.8 Å². The van der Waals surface area contributed by atoms with E-state index in [4.69, 9.17) is 23.4 Å². The van der Waals surface area contributed by atoms with E-state index in [1.165, 1.54) is 31.4 Å². The van der Waals surface area contributed by atoms with Crippen LogP contribution in [0.5, 0.6) is 0 Å². The monoisotopic (exact) mass is 462 g/mol. The third kappa shape index (κ3) is 3.02. The number of allylic oxidation sites excluding steroid dienone is 2. The zero-order chi connectivity index (χ0) is 22.4. The van der Waals surface area contributed by atoms with Crippen LogP contribution in [0.2, 0.25) is 19.6 Å². The summed E-state index contributed by atoms with van der Waals surface area (Å²) in [5, 5.41) is 0. The van der Waals surface area contributed by atoms with Gasteiger partial charge in [0.2, 0.25) is 8.32 Å². The molecule has 2 heterocycles. The van der Waals surface area contributed by atoms with Crippen LogP contribution < -0.4 is 0 Å². The van der Waals surface area contributed by atoms with Crippen molar-refractivity contribution >= 4 is 8.32 Å². The molecule has 6 aliphatic rings. The second kappa shape index (κ2) is 7.06. The minimum absolute atomic E-state index is 0.0727. The largest absolute Gasteiger partial charge is 0.547 e. The summed E-state index contributed by atoms with van der Waals surface area (Å²) in [6, 6.07) is 0. The molecule has 0 N–H and O–H groups in total. The van der Waals surface area contributed by atoms with Crippen LogP contribution in [-0.4, -0.2) is 46.3 Å². The number of hydrogen-bond donors (Lipinski definition) is 0. The van der Waals surface area contributed by atoms with Gasteiger partial charge < -0.3 is 23.4 Å². The molecule has 2 spiro atoms. The fourth-order valence-electron chi connectivity index (χ4n) is 8.71. The number of fused-ring (bicyclic) bond motifs is 6. The summed E-state index contributed by atoms with van der Waals surface area (Å²) >= 11 is 0. The van der Waals surface area contributed by atoms with E-state index in [1.807, 2.05) is 0 Å². The Hall–Kier alpha value is -0.403. The van der Waals surface area contributed by atoms with Gasteiger partial charge in [-0.2, -0.15) is 0 Å². The maximum absolute atomic E-state index is 6.93. The van der Waals surface area contributed by atoms with Crippen LogP contribution in [0.1, 0.15) is 58.8 Å². The van der Waals surface area contributed by atoms with Crippen LogP contribution in [0.15, 0.2) is 11.8 Å². The Balaban J connectivity index is 1.40. The van der Waals surface area contributed by atoms with Gasteiger partial charge in [-0.25, -0.2) is 0 Å². The predicted octanol–water partition coefficient (Wildman–Crippen LogP) is 5.47. The van der Waals surface area contributed by atoms with Gasteiger partial charge in [-0.15, -0.1) is 0 Å². The fourth-order valence-corrected chi connectivity index (χ4v) is 9.63. The highest BCUT2D eigenvalue weighted by molar-refractivity contribution is 6.70. The molecule has 0 amide bonds. The Labute approximate surface area is 194 Å². The molecule has 5 nitrogen and oxygen atoms in total. The molecule has 0 bridgehead atoms. The summed E-state index contributed by atoms with van der Waals surface area (Å²) in [5.74, 6) is 2.72. The van der Waals surface area contributed by atoms with Crippen LogP contribution in [0.4, 0.5) is 0 Å². The Kier molecular flexibility index (Phi) is 4.88. The molecule has 4 aliphatic carbocycles. The Morgan fingerprint density at radius 1 is 0.844 bits per heavy atom. The highest BCUT2D eigenvalue weighted by atomic mass is 28.4. The molecule has 3 saturated carbocycles. The molecule has 180 valence electrons. The lowest BCUT2D eigenvalue weighted by atomic mass is 9.46. The van der Waals surface area contributed by atoms with Crippen molar-refractivity contribution in [3.05, 3.63) is 11.8 Å². The van der Waals surface area contributed by atoms with E-state index in [0.29, 0.717) is 23.7 Å².